The first kappa shape index (κ1) is 15.8. The van der Waals surface area contributed by atoms with Crippen molar-refractivity contribution in [3.63, 3.8) is 0 Å². The standard InChI is InChI=1S/C13H13Cl3N2OS/c1-7-5-8(14)3-4-9(7)17-11(20)18-10(19)12(2)6-13(12,15)16/h3-5H,6H2,1-2H3,(H2,17,18,19,20). The average Bonchev–Trinajstić information content (AvgIpc) is 2.83. The van der Waals surface area contributed by atoms with Gasteiger partial charge in [0.25, 0.3) is 0 Å². The maximum absolute atomic E-state index is 12.1. The third kappa shape index (κ3) is 3.03. The molecular formula is C13H13Cl3N2OS. The molecule has 1 aliphatic rings. The van der Waals surface area contributed by atoms with Gasteiger partial charge in [0.05, 0.1) is 5.41 Å². The van der Waals surface area contributed by atoms with Gasteiger partial charge < -0.3 is 10.6 Å². The molecule has 0 saturated heterocycles. The lowest BCUT2D eigenvalue weighted by molar-refractivity contribution is -0.124. The van der Waals surface area contributed by atoms with Crippen LogP contribution >= 0.6 is 47.0 Å². The second-order valence-corrected chi connectivity index (χ2v) is 7.41. The zero-order valence-electron chi connectivity index (χ0n) is 10.9. The maximum Gasteiger partial charge on any atom is 0.235 e. The number of carbonyl (C=O) groups excluding carboxylic acids is 1. The van der Waals surface area contributed by atoms with E-state index < -0.39 is 9.75 Å². The summed E-state index contributed by atoms with van der Waals surface area (Å²) < 4.78 is -1.01. The Hall–Kier alpha value is -0.550. The summed E-state index contributed by atoms with van der Waals surface area (Å²) in [6, 6.07) is 5.34. The van der Waals surface area contributed by atoms with Crippen molar-refractivity contribution in [3.8, 4) is 0 Å². The Morgan fingerprint density at radius 1 is 1.40 bits per heavy atom. The van der Waals surface area contributed by atoms with Gasteiger partial charge in [0.2, 0.25) is 5.91 Å². The summed E-state index contributed by atoms with van der Waals surface area (Å²) in [4.78, 5) is 12.1. The Morgan fingerprint density at radius 2 is 2.00 bits per heavy atom. The smallest absolute Gasteiger partial charge is 0.235 e. The first-order valence-electron chi connectivity index (χ1n) is 5.92. The molecule has 0 spiro atoms. The van der Waals surface area contributed by atoms with E-state index in [1.54, 1.807) is 25.1 Å². The van der Waals surface area contributed by atoms with E-state index in [0.717, 1.165) is 11.3 Å². The van der Waals surface area contributed by atoms with Crippen LogP contribution in [0.5, 0.6) is 0 Å². The summed E-state index contributed by atoms with van der Waals surface area (Å²) >= 11 is 22.9. The molecule has 1 amide bonds. The molecule has 0 aromatic heterocycles. The topological polar surface area (TPSA) is 41.1 Å². The molecule has 1 aromatic rings. The summed E-state index contributed by atoms with van der Waals surface area (Å²) in [7, 11) is 0. The highest BCUT2D eigenvalue weighted by molar-refractivity contribution is 7.80. The minimum atomic E-state index is -1.01. The Kier molecular flexibility index (Phi) is 4.22. The number of rotatable bonds is 2. The molecule has 1 unspecified atom stereocenters. The monoisotopic (exact) mass is 350 g/mol. The number of nitrogens with one attached hydrogen (secondary N) is 2. The van der Waals surface area contributed by atoms with Crippen molar-refractivity contribution in [1.29, 1.82) is 0 Å². The molecule has 1 fully saturated rings. The van der Waals surface area contributed by atoms with Crippen molar-refractivity contribution in [2.75, 3.05) is 5.32 Å². The predicted molar refractivity (Wildman–Crippen MR) is 87.7 cm³/mol. The molecule has 0 aliphatic heterocycles. The Bertz CT molecular complexity index is 591. The number of hydrogen-bond donors (Lipinski definition) is 2. The van der Waals surface area contributed by atoms with Gasteiger partial charge in [-0.25, -0.2) is 0 Å². The number of hydrogen-bond acceptors (Lipinski definition) is 2. The first-order valence-corrected chi connectivity index (χ1v) is 7.46. The lowest BCUT2D eigenvalue weighted by atomic mass is 10.1. The van der Waals surface area contributed by atoms with Crippen molar-refractivity contribution in [2.24, 2.45) is 5.41 Å². The molecule has 2 rings (SSSR count). The van der Waals surface area contributed by atoms with E-state index in [-0.39, 0.29) is 11.0 Å². The molecule has 1 aromatic carbocycles. The van der Waals surface area contributed by atoms with Crippen LogP contribution in [-0.4, -0.2) is 15.4 Å². The molecule has 0 radical (unpaired) electrons. The van der Waals surface area contributed by atoms with E-state index in [9.17, 15) is 4.79 Å². The minimum Gasteiger partial charge on any atom is -0.332 e. The first-order chi connectivity index (χ1) is 9.15. The highest BCUT2D eigenvalue weighted by Crippen LogP contribution is 2.63. The van der Waals surface area contributed by atoms with E-state index in [2.05, 4.69) is 10.6 Å². The SMILES string of the molecule is Cc1cc(Cl)ccc1NC(=S)NC(=O)C1(C)CC1(Cl)Cl. The molecule has 0 heterocycles. The van der Waals surface area contributed by atoms with Crippen molar-refractivity contribution in [3.05, 3.63) is 28.8 Å². The quantitative estimate of drug-likeness (QED) is 0.624. The largest absolute Gasteiger partial charge is 0.332 e. The summed E-state index contributed by atoms with van der Waals surface area (Å²) in [5, 5.41) is 6.41. The van der Waals surface area contributed by atoms with E-state index in [4.69, 9.17) is 47.0 Å². The number of benzene rings is 1. The van der Waals surface area contributed by atoms with Crippen LogP contribution < -0.4 is 10.6 Å². The van der Waals surface area contributed by atoms with Gasteiger partial charge in [0.15, 0.2) is 5.11 Å². The molecule has 3 nitrogen and oxygen atoms in total. The van der Waals surface area contributed by atoms with E-state index >= 15 is 0 Å². The van der Waals surface area contributed by atoms with Gasteiger partial charge in [-0.2, -0.15) is 0 Å². The van der Waals surface area contributed by atoms with Crippen LogP contribution in [0.15, 0.2) is 18.2 Å². The van der Waals surface area contributed by atoms with Crippen molar-refractivity contribution < 1.29 is 4.79 Å². The molecule has 7 heteroatoms. The number of carbonyl (C=O) groups is 1. The Balaban J connectivity index is 1.98. The lowest BCUT2D eigenvalue weighted by Gasteiger charge is -2.15. The molecule has 108 valence electrons. The molecule has 1 aliphatic carbocycles. The van der Waals surface area contributed by atoms with Gasteiger partial charge in [0, 0.05) is 10.7 Å². The van der Waals surface area contributed by atoms with Crippen molar-refractivity contribution >= 4 is 63.7 Å². The van der Waals surface area contributed by atoms with Crippen LogP contribution in [0.1, 0.15) is 18.9 Å². The van der Waals surface area contributed by atoms with Crippen LogP contribution in [0, 0.1) is 12.3 Å². The number of thiocarbonyl (C=S) groups is 1. The van der Waals surface area contributed by atoms with E-state index in [0.29, 0.717) is 11.4 Å². The van der Waals surface area contributed by atoms with E-state index in [1.807, 2.05) is 6.92 Å². The number of alkyl halides is 2. The molecule has 0 bridgehead atoms. The van der Waals surface area contributed by atoms with Crippen LogP contribution in [-0.2, 0) is 4.79 Å². The van der Waals surface area contributed by atoms with Crippen LogP contribution in [0.25, 0.3) is 0 Å². The molecule has 2 N–H and O–H groups in total. The summed E-state index contributed by atoms with van der Waals surface area (Å²) in [5.41, 5.74) is 0.913. The fourth-order valence-corrected chi connectivity index (χ4v) is 2.94. The third-order valence-electron chi connectivity index (χ3n) is 3.42. The summed E-state index contributed by atoms with van der Waals surface area (Å²) in [6.07, 6.45) is 0.414. The molecular weight excluding hydrogens is 339 g/mol. The average molecular weight is 352 g/mol. The second kappa shape index (κ2) is 5.34. The number of amides is 1. The van der Waals surface area contributed by atoms with Gasteiger partial charge in [-0.3, -0.25) is 4.79 Å². The Labute approximate surface area is 138 Å². The highest BCUT2D eigenvalue weighted by Gasteiger charge is 2.68. The van der Waals surface area contributed by atoms with Crippen molar-refractivity contribution in [1.82, 2.24) is 5.32 Å². The zero-order valence-corrected chi connectivity index (χ0v) is 14.0. The maximum atomic E-state index is 12.1. The van der Waals surface area contributed by atoms with Crippen LogP contribution in [0.2, 0.25) is 5.02 Å². The molecule has 20 heavy (non-hydrogen) atoms. The molecule has 1 atom stereocenters. The van der Waals surface area contributed by atoms with E-state index in [1.165, 1.54) is 0 Å². The normalized spacial score (nSPS) is 23.1. The number of aryl methyl sites for hydroxylation is 1. The van der Waals surface area contributed by atoms with Gasteiger partial charge in [-0.15, -0.1) is 23.2 Å². The zero-order chi connectivity index (χ0) is 15.1. The van der Waals surface area contributed by atoms with Crippen LogP contribution in [0.3, 0.4) is 0 Å². The predicted octanol–water partition coefficient (Wildman–Crippen LogP) is 4.05. The minimum absolute atomic E-state index is 0.206. The number of anilines is 1. The Morgan fingerprint density at radius 3 is 2.50 bits per heavy atom. The summed E-state index contributed by atoms with van der Waals surface area (Å²) in [6.45, 7) is 3.60. The van der Waals surface area contributed by atoms with Gasteiger partial charge in [0.1, 0.15) is 4.33 Å². The van der Waals surface area contributed by atoms with Gasteiger partial charge in [-0.1, -0.05) is 11.6 Å². The fourth-order valence-electron chi connectivity index (χ4n) is 1.81. The van der Waals surface area contributed by atoms with Gasteiger partial charge >= 0.3 is 0 Å². The lowest BCUT2D eigenvalue weighted by Crippen LogP contribution is -2.40. The highest BCUT2D eigenvalue weighted by atomic mass is 35.5. The number of halogens is 3. The molecule has 1 saturated carbocycles. The second-order valence-electron chi connectivity index (χ2n) is 5.08. The fraction of sp³-hybridized carbons (Fsp3) is 0.385. The third-order valence-corrected chi connectivity index (χ3v) is 4.96. The van der Waals surface area contributed by atoms with Crippen molar-refractivity contribution in [2.45, 2.75) is 24.6 Å². The van der Waals surface area contributed by atoms with Crippen LogP contribution in [0.4, 0.5) is 5.69 Å². The summed E-state index contributed by atoms with van der Waals surface area (Å²) in [5.74, 6) is -0.286. The van der Waals surface area contributed by atoms with Gasteiger partial charge in [-0.05, 0) is 56.2 Å².